The van der Waals surface area contributed by atoms with Gasteiger partial charge < -0.3 is 19.1 Å². The zero-order valence-electron chi connectivity index (χ0n) is 21.6. The largest absolute Gasteiger partial charge is 0.444 e. The lowest BCUT2D eigenvalue weighted by atomic mass is 10.1. The maximum atomic E-state index is 12.1. The quantitative estimate of drug-likeness (QED) is 0.484. The van der Waals surface area contributed by atoms with Gasteiger partial charge in [0.05, 0.1) is 18.8 Å². The Morgan fingerprint density at radius 1 is 1.14 bits per heavy atom. The Balaban J connectivity index is 0. The fraction of sp³-hybridized carbons (Fsp3) is 0.958. The van der Waals surface area contributed by atoms with E-state index in [0.29, 0.717) is 13.2 Å². The highest BCUT2D eigenvalue weighted by molar-refractivity contribution is 5.69. The molecule has 176 valence electrons. The number of fused-ring (bicyclic) bond motifs is 1. The van der Waals surface area contributed by atoms with Crippen LogP contribution in [0.5, 0.6) is 0 Å². The second kappa shape index (κ2) is 15.1. The third-order valence-corrected chi connectivity index (χ3v) is 3.86. The average molecular weight is 418 g/mol. The lowest BCUT2D eigenvalue weighted by molar-refractivity contribution is -0.281. The van der Waals surface area contributed by atoms with Crippen LogP contribution in [0.3, 0.4) is 0 Å². The number of carbonyl (C=O) groups is 1. The molecule has 0 aromatic heterocycles. The van der Waals surface area contributed by atoms with Gasteiger partial charge in [-0.2, -0.15) is 0 Å². The molecular formula is C24H51NO4. The molecule has 0 aliphatic carbocycles. The predicted molar refractivity (Wildman–Crippen MR) is 123 cm³/mol. The van der Waals surface area contributed by atoms with Crippen molar-refractivity contribution in [2.45, 2.75) is 132 Å². The number of nitrogens with zero attached hydrogens (tertiary/aromatic N) is 1. The van der Waals surface area contributed by atoms with E-state index in [1.54, 1.807) is 4.90 Å². The van der Waals surface area contributed by atoms with Crippen molar-refractivity contribution in [1.29, 1.82) is 0 Å². The molecule has 0 aromatic rings. The van der Waals surface area contributed by atoms with Gasteiger partial charge in [0.2, 0.25) is 0 Å². The summed E-state index contributed by atoms with van der Waals surface area (Å²) >= 11 is 0. The summed E-state index contributed by atoms with van der Waals surface area (Å²) in [6, 6.07) is -0.0205. The van der Waals surface area contributed by atoms with Crippen LogP contribution in [-0.2, 0) is 14.2 Å². The minimum absolute atomic E-state index is 0.0205. The summed E-state index contributed by atoms with van der Waals surface area (Å²) in [6.45, 7) is 25.5. The van der Waals surface area contributed by atoms with Gasteiger partial charge >= 0.3 is 6.09 Å². The number of ether oxygens (including phenoxy) is 3. The molecule has 2 rings (SSSR count). The molecule has 1 amide bonds. The molecule has 0 bridgehead atoms. The summed E-state index contributed by atoms with van der Waals surface area (Å²) in [4.78, 5) is 13.8. The second-order valence-corrected chi connectivity index (χ2v) is 9.48. The van der Waals surface area contributed by atoms with Crippen molar-refractivity contribution in [3.63, 3.8) is 0 Å². The molecule has 2 unspecified atom stereocenters. The van der Waals surface area contributed by atoms with Crippen LogP contribution in [0.25, 0.3) is 0 Å². The van der Waals surface area contributed by atoms with E-state index in [1.807, 2.05) is 48.5 Å². The van der Waals surface area contributed by atoms with Gasteiger partial charge in [-0.25, -0.2) is 4.79 Å². The maximum absolute atomic E-state index is 12.1. The van der Waals surface area contributed by atoms with E-state index < -0.39 is 11.4 Å². The lowest BCUT2D eigenvalue weighted by Crippen LogP contribution is -2.52. The van der Waals surface area contributed by atoms with Gasteiger partial charge in [0.1, 0.15) is 5.60 Å². The molecule has 29 heavy (non-hydrogen) atoms. The van der Waals surface area contributed by atoms with Crippen LogP contribution in [0.2, 0.25) is 0 Å². The third kappa shape index (κ3) is 14.8. The van der Waals surface area contributed by atoms with Gasteiger partial charge in [0, 0.05) is 6.54 Å². The van der Waals surface area contributed by atoms with E-state index in [2.05, 4.69) is 34.6 Å². The van der Waals surface area contributed by atoms with Crippen LogP contribution in [0.4, 0.5) is 4.79 Å². The molecule has 0 aromatic carbocycles. The van der Waals surface area contributed by atoms with Gasteiger partial charge in [-0.3, -0.25) is 0 Å². The summed E-state index contributed by atoms with van der Waals surface area (Å²) in [7, 11) is 0. The molecule has 5 nitrogen and oxygen atoms in total. The van der Waals surface area contributed by atoms with Crippen molar-refractivity contribution in [3.05, 3.63) is 0 Å². The van der Waals surface area contributed by atoms with Crippen molar-refractivity contribution < 1.29 is 19.0 Å². The number of hydrogen-bond acceptors (Lipinski definition) is 4. The molecule has 2 heterocycles. The Hall–Kier alpha value is -0.810. The second-order valence-electron chi connectivity index (χ2n) is 9.48. The van der Waals surface area contributed by atoms with E-state index in [1.165, 1.54) is 19.3 Å². The topological polar surface area (TPSA) is 48.0 Å². The zero-order valence-corrected chi connectivity index (χ0v) is 21.6. The highest BCUT2D eigenvalue weighted by atomic mass is 16.7. The first-order chi connectivity index (χ1) is 13.3. The number of amides is 1. The van der Waals surface area contributed by atoms with Crippen LogP contribution < -0.4 is 0 Å². The Bertz CT molecular complexity index is 411. The summed E-state index contributed by atoms with van der Waals surface area (Å²) in [6.07, 6.45) is 4.70. The fourth-order valence-electron chi connectivity index (χ4n) is 2.75. The maximum Gasteiger partial charge on any atom is 0.410 e. The summed E-state index contributed by atoms with van der Waals surface area (Å²) in [5.41, 5.74) is -0.467. The summed E-state index contributed by atoms with van der Waals surface area (Å²) < 4.78 is 16.9. The highest BCUT2D eigenvalue weighted by Crippen LogP contribution is 2.32. The first-order valence-electron chi connectivity index (χ1n) is 11.6. The van der Waals surface area contributed by atoms with Crippen LogP contribution >= 0.6 is 0 Å². The first kappa shape index (κ1) is 30.4. The molecule has 2 aliphatic heterocycles. The van der Waals surface area contributed by atoms with Gasteiger partial charge in [-0.05, 0) is 47.0 Å². The fourth-order valence-corrected chi connectivity index (χ4v) is 2.75. The number of carbonyl (C=O) groups excluding carboxylic acids is 1. The SMILES string of the molecule is CC.CC(C)(C)OC(=O)N1CCC2OC(C)(C)OCC21.CC(C)C.CCCCC. The number of likely N-dealkylation sites (tertiary alicyclic amines) is 1. The average Bonchev–Trinajstić information content (AvgIpc) is 2.97. The minimum Gasteiger partial charge on any atom is -0.444 e. The molecular weight excluding hydrogens is 366 g/mol. The van der Waals surface area contributed by atoms with E-state index in [4.69, 9.17) is 14.2 Å². The van der Waals surface area contributed by atoms with Crippen molar-refractivity contribution >= 4 is 6.09 Å². The number of unbranched alkanes of at least 4 members (excludes halogenated alkanes) is 2. The molecule has 2 saturated heterocycles. The van der Waals surface area contributed by atoms with Crippen molar-refractivity contribution in [2.24, 2.45) is 5.92 Å². The summed E-state index contributed by atoms with van der Waals surface area (Å²) in [5, 5.41) is 0. The highest BCUT2D eigenvalue weighted by Gasteiger charge is 2.46. The lowest BCUT2D eigenvalue weighted by Gasteiger charge is -2.40. The van der Waals surface area contributed by atoms with E-state index in [-0.39, 0.29) is 18.2 Å². The molecule has 5 heteroatoms. The van der Waals surface area contributed by atoms with Crippen LogP contribution in [-0.4, -0.2) is 47.7 Å². The molecule has 2 atom stereocenters. The summed E-state index contributed by atoms with van der Waals surface area (Å²) in [5.74, 6) is 0.283. The molecule has 2 aliphatic rings. The molecule has 0 saturated carbocycles. The third-order valence-electron chi connectivity index (χ3n) is 3.86. The Labute approximate surface area is 181 Å². The smallest absolute Gasteiger partial charge is 0.410 e. The normalized spacial score (nSPS) is 22.2. The van der Waals surface area contributed by atoms with Crippen LogP contribution in [0.15, 0.2) is 0 Å². The van der Waals surface area contributed by atoms with E-state index >= 15 is 0 Å². The van der Waals surface area contributed by atoms with Crippen LogP contribution in [0, 0.1) is 5.92 Å². The molecule has 2 fully saturated rings. The standard InChI is InChI=1S/C13H23NO4.C5H12.C4H10.C2H6/c1-12(2,3)18-11(15)14-7-6-10-9(14)8-16-13(4,5)17-10;1-3-5-4-2;1-4(2)3;1-2/h9-10H,6-8H2,1-5H3;3-5H2,1-2H3;4H,1-3H3;1-2H3. The number of rotatable bonds is 2. The Kier molecular flexibility index (Phi) is 15.8. The number of hydrogen-bond donors (Lipinski definition) is 0. The van der Waals surface area contributed by atoms with Crippen molar-refractivity contribution in [2.75, 3.05) is 13.2 Å². The molecule has 0 radical (unpaired) electrons. The van der Waals surface area contributed by atoms with E-state index in [0.717, 1.165) is 12.3 Å². The molecule has 0 N–H and O–H groups in total. The van der Waals surface area contributed by atoms with Crippen molar-refractivity contribution in [1.82, 2.24) is 4.90 Å². The Morgan fingerprint density at radius 2 is 1.62 bits per heavy atom. The van der Waals surface area contributed by atoms with Gasteiger partial charge in [-0.1, -0.05) is 67.7 Å². The van der Waals surface area contributed by atoms with Crippen molar-refractivity contribution in [3.8, 4) is 0 Å². The first-order valence-corrected chi connectivity index (χ1v) is 11.6. The van der Waals surface area contributed by atoms with Gasteiger partial charge in [0.25, 0.3) is 0 Å². The van der Waals surface area contributed by atoms with E-state index in [9.17, 15) is 4.79 Å². The predicted octanol–water partition coefficient (Wildman–Crippen LogP) is 7.03. The van der Waals surface area contributed by atoms with Crippen LogP contribution in [0.1, 0.15) is 109 Å². The van der Waals surface area contributed by atoms with Gasteiger partial charge in [0.15, 0.2) is 5.79 Å². The zero-order chi connectivity index (χ0) is 23.3. The van der Waals surface area contributed by atoms with Gasteiger partial charge in [-0.15, -0.1) is 0 Å². The Morgan fingerprint density at radius 3 is 2.00 bits per heavy atom. The monoisotopic (exact) mass is 417 g/mol. The minimum atomic E-state index is -0.550. The molecule has 0 spiro atoms.